The molecule has 0 aliphatic heterocycles. The van der Waals surface area contributed by atoms with Crippen LogP contribution in [-0.4, -0.2) is 26.6 Å². The van der Waals surface area contributed by atoms with E-state index in [1.54, 1.807) is 0 Å². The number of sulfonamides is 1. The molecule has 5 heteroatoms. The van der Waals surface area contributed by atoms with Crippen molar-refractivity contribution in [3.05, 3.63) is 0 Å². The fraction of sp³-hybridized carbons (Fsp3) is 1.00. The molecule has 10 heavy (non-hydrogen) atoms. The summed E-state index contributed by atoms with van der Waals surface area (Å²) in [5.41, 5.74) is 0. The predicted octanol–water partition coefficient (Wildman–Crippen LogP) is 0.553. The van der Waals surface area contributed by atoms with Gasteiger partial charge in [0.2, 0.25) is 10.0 Å². The van der Waals surface area contributed by atoms with Gasteiger partial charge in [-0.1, -0.05) is 6.92 Å². The minimum Gasteiger partial charge on any atom is -0.213 e. The van der Waals surface area contributed by atoms with Crippen molar-refractivity contribution in [3.8, 4) is 0 Å². The van der Waals surface area contributed by atoms with E-state index in [1.165, 1.54) is 0 Å². The Hall–Kier alpha value is 0.200. The van der Waals surface area contributed by atoms with Crippen LogP contribution in [0.4, 0.5) is 0 Å². The van der Waals surface area contributed by atoms with Gasteiger partial charge in [-0.25, -0.2) is 13.1 Å². The molecule has 0 radical (unpaired) electrons. The van der Waals surface area contributed by atoms with Crippen LogP contribution < -0.4 is 4.72 Å². The first-order chi connectivity index (χ1) is 4.49. The Bertz CT molecular complexity index is 174. The number of nitrogens with one attached hydrogen (secondary N) is 1. The summed E-state index contributed by atoms with van der Waals surface area (Å²) in [6.45, 7) is 1.88. The number of hydrogen-bond acceptors (Lipinski definition) is 2. The van der Waals surface area contributed by atoms with Crippen molar-refractivity contribution in [1.29, 1.82) is 0 Å². The van der Waals surface area contributed by atoms with E-state index in [2.05, 4.69) is 4.72 Å². The fourth-order valence-electron chi connectivity index (χ4n) is 0.527. The van der Waals surface area contributed by atoms with Gasteiger partial charge >= 0.3 is 0 Å². The normalized spacial score (nSPS) is 15.1. The maximum absolute atomic E-state index is 10.6. The molecule has 0 fully saturated rings. The molecule has 0 amide bonds. The molecule has 1 unspecified atom stereocenters. The van der Waals surface area contributed by atoms with Crippen molar-refractivity contribution in [3.63, 3.8) is 0 Å². The summed E-state index contributed by atoms with van der Waals surface area (Å²) in [6.07, 6.45) is 1.85. The second-order valence-electron chi connectivity index (χ2n) is 2.15. The molecule has 0 aliphatic carbocycles. The van der Waals surface area contributed by atoms with Crippen molar-refractivity contribution in [2.24, 2.45) is 0 Å². The topological polar surface area (TPSA) is 46.2 Å². The van der Waals surface area contributed by atoms with Crippen molar-refractivity contribution >= 4 is 21.6 Å². The van der Waals surface area contributed by atoms with Gasteiger partial charge in [-0.2, -0.15) is 0 Å². The number of rotatable bonds is 4. The summed E-state index contributed by atoms with van der Waals surface area (Å²) in [7, 11) is -3.08. The second-order valence-corrected chi connectivity index (χ2v) is 4.24. The van der Waals surface area contributed by atoms with Gasteiger partial charge in [0.05, 0.1) is 6.26 Å². The summed E-state index contributed by atoms with van der Waals surface area (Å²) in [4.78, 5) is 0. The van der Waals surface area contributed by atoms with E-state index < -0.39 is 10.0 Å². The largest absolute Gasteiger partial charge is 0.213 e. The van der Waals surface area contributed by atoms with E-state index in [1.807, 2.05) is 6.92 Å². The number of hydrogen-bond donors (Lipinski definition) is 1. The third-order valence-corrected chi connectivity index (χ3v) is 2.19. The fourth-order valence-corrected chi connectivity index (χ4v) is 1.77. The van der Waals surface area contributed by atoms with E-state index in [9.17, 15) is 8.42 Å². The Labute approximate surface area is 66.8 Å². The average Bonchev–Trinajstić information content (AvgIpc) is 1.81. The minimum atomic E-state index is -3.08. The lowest BCUT2D eigenvalue weighted by molar-refractivity contribution is 0.563. The van der Waals surface area contributed by atoms with E-state index in [4.69, 9.17) is 11.6 Å². The van der Waals surface area contributed by atoms with Crippen molar-refractivity contribution in [2.45, 2.75) is 19.4 Å². The minimum absolute atomic E-state index is 0.128. The first-order valence-electron chi connectivity index (χ1n) is 3.03. The molecule has 0 aliphatic rings. The number of alkyl halides is 1. The molecule has 1 N–H and O–H groups in total. The zero-order valence-corrected chi connectivity index (χ0v) is 7.67. The highest BCUT2D eigenvalue weighted by molar-refractivity contribution is 7.88. The van der Waals surface area contributed by atoms with E-state index in [-0.39, 0.29) is 6.04 Å². The maximum atomic E-state index is 10.6. The lowest BCUT2D eigenvalue weighted by atomic mass is 10.3. The van der Waals surface area contributed by atoms with Crippen molar-refractivity contribution in [1.82, 2.24) is 4.72 Å². The Kier molecular flexibility index (Phi) is 4.24. The standard InChI is InChI=1S/C5H12ClNO2S/c1-3-5(4-6)7-10(2,8)9/h5,7H,3-4H2,1-2H3. The molecule has 0 aromatic rings. The lowest BCUT2D eigenvalue weighted by Crippen LogP contribution is -2.34. The van der Waals surface area contributed by atoms with Crippen LogP contribution in [0.1, 0.15) is 13.3 Å². The Morgan fingerprint density at radius 3 is 2.20 bits per heavy atom. The van der Waals surface area contributed by atoms with Crippen molar-refractivity contribution in [2.75, 3.05) is 12.1 Å². The van der Waals surface area contributed by atoms with Crippen molar-refractivity contribution < 1.29 is 8.42 Å². The Balaban J connectivity index is 3.87. The summed E-state index contributed by atoms with van der Waals surface area (Å²) in [6, 6.07) is -0.128. The smallest absolute Gasteiger partial charge is 0.208 e. The molecule has 0 saturated carbocycles. The molecule has 0 aromatic heterocycles. The third-order valence-electron chi connectivity index (χ3n) is 1.06. The monoisotopic (exact) mass is 185 g/mol. The van der Waals surface area contributed by atoms with E-state index >= 15 is 0 Å². The van der Waals surface area contributed by atoms with Crippen LogP contribution in [0, 0.1) is 0 Å². The highest BCUT2D eigenvalue weighted by atomic mass is 35.5. The first-order valence-corrected chi connectivity index (χ1v) is 5.45. The highest BCUT2D eigenvalue weighted by Gasteiger charge is 2.09. The van der Waals surface area contributed by atoms with Gasteiger partial charge in [0.15, 0.2) is 0 Å². The molecular weight excluding hydrogens is 174 g/mol. The lowest BCUT2D eigenvalue weighted by Gasteiger charge is -2.10. The molecule has 0 spiro atoms. The molecular formula is C5H12ClNO2S. The quantitative estimate of drug-likeness (QED) is 0.651. The van der Waals surface area contributed by atoms with Crippen LogP contribution >= 0.6 is 11.6 Å². The summed E-state index contributed by atoms with van der Waals surface area (Å²) < 4.78 is 23.6. The van der Waals surface area contributed by atoms with Gasteiger partial charge in [-0.3, -0.25) is 0 Å². The molecule has 62 valence electrons. The molecule has 3 nitrogen and oxygen atoms in total. The van der Waals surface area contributed by atoms with Gasteiger partial charge in [0.25, 0.3) is 0 Å². The molecule has 1 atom stereocenters. The zero-order valence-electron chi connectivity index (χ0n) is 6.09. The summed E-state index contributed by atoms with van der Waals surface area (Å²) >= 11 is 5.45. The van der Waals surface area contributed by atoms with Crippen LogP contribution in [0.15, 0.2) is 0 Å². The summed E-state index contributed by atoms with van der Waals surface area (Å²) in [5, 5.41) is 0. The van der Waals surface area contributed by atoms with Gasteiger partial charge in [-0.05, 0) is 6.42 Å². The van der Waals surface area contributed by atoms with Gasteiger partial charge in [0.1, 0.15) is 0 Å². The Morgan fingerprint density at radius 1 is 1.60 bits per heavy atom. The summed E-state index contributed by atoms with van der Waals surface area (Å²) in [5.74, 6) is 0.323. The van der Waals surface area contributed by atoms with Crippen LogP contribution in [0.25, 0.3) is 0 Å². The van der Waals surface area contributed by atoms with E-state index in [0.29, 0.717) is 5.88 Å². The van der Waals surface area contributed by atoms with Gasteiger partial charge in [-0.15, -0.1) is 11.6 Å². The van der Waals surface area contributed by atoms with Crippen LogP contribution in [0.3, 0.4) is 0 Å². The van der Waals surface area contributed by atoms with Crippen LogP contribution in [0.5, 0.6) is 0 Å². The highest BCUT2D eigenvalue weighted by Crippen LogP contribution is 1.95. The molecule has 0 aromatic carbocycles. The first kappa shape index (κ1) is 10.2. The molecule has 0 bridgehead atoms. The number of halogens is 1. The van der Waals surface area contributed by atoms with E-state index in [0.717, 1.165) is 12.7 Å². The Morgan fingerprint density at radius 2 is 2.10 bits per heavy atom. The van der Waals surface area contributed by atoms with Gasteiger partial charge < -0.3 is 0 Å². The SMILES string of the molecule is CCC(CCl)NS(C)(=O)=O. The predicted molar refractivity (Wildman–Crippen MR) is 42.8 cm³/mol. The second kappa shape index (κ2) is 4.16. The average molecular weight is 186 g/mol. The third kappa shape index (κ3) is 5.02. The molecule has 0 saturated heterocycles. The molecule has 0 rings (SSSR count). The van der Waals surface area contributed by atoms with Gasteiger partial charge in [0, 0.05) is 11.9 Å². The zero-order chi connectivity index (χ0) is 8.20. The maximum Gasteiger partial charge on any atom is 0.208 e. The van der Waals surface area contributed by atoms with Crippen LogP contribution in [-0.2, 0) is 10.0 Å². The molecule has 0 heterocycles. The van der Waals surface area contributed by atoms with Crippen LogP contribution in [0.2, 0.25) is 0 Å².